The van der Waals surface area contributed by atoms with Crippen LogP contribution in [-0.4, -0.2) is 24.9 Å². The summed E-state index contributed by atoms with van der Waals surface area (Å²) in [6.45, 7) is 1.84. The summed E-state index contributed by atoms with van der Waals surface area (Å²) in [5.74, 6) is 0.516. The minimum atomic E-state index is 0.145. The van der Waals surface area contributed by atoms with Gasteiger partial charge in [0, 0.05) is 5.69 Å². The lowest BCUT2D eigenvalue weighted by molar-refractivity contribution is 0.470. The van der Waals surface area contributed by atoms with Gasteiger partial charge in [0.2, 0.25) is 5.89 Å². The van der Waals surface area contributed by atoms with Gasteiger partial charge in [0.05, 0.1) is 5.56 Å². The van der Waals surface area contributed by atoms with E-state index >= 15 is 0 Å². The van der Waals surface area contributed by atoms with Gasteiger partial charge in [-0.05, 0) is 47.9 Å². The summed E-state index contributed by atoms with van der Waals surface area (Å²) < 4.78 is 7.71. The average Bonchev–Trinajstić information content (AvgIpc) is 3.40. The summed E-state index contributed by atoms with van der Waals surface area (Å²) in [6, 6.07) is 19.7. The van der Waals surface area contributed by atoms with Crippen molar-refractivity contribution < 1.29 is 9.52 Å². The Bertz CT molecular complexity index is 1280. The van der Waals surface area contributed by atoms with Crippen molar-refractivity contribution in [3.05, 3.63) is 78.9 Å². The van der Waals surface area contributed by atoms with Crippen LogP contribution in [0.1, 0.15) is 5.56 Å². The zero-order valence-electron chi connectivity index (χ0n) is 15.1. The molecular weight excluding hydrogens is 352 g/mol. The van der Waals surface area contributed by atoms with Crippen LogP contribution in [0.3, 0.4) is 0 Å². The number of phenolic OH excluding ortho intramolecular Hbond substituents is 1. The van der Waals surface area contributed by atoms with Crippen molar-refractivity contribution in [2.75, 3.05) is 0 Å². The number of rotatable bonds is 3. The van der Waals surface area contributed by atoms with Gasteiger partial charge in [-0.3, -0.25) is 4.57 Å². The van der Waals surface area contributed by atoms with Crippen molar-refractivity contribution in [1.29, 1.82) is 0 Å². The average molecular weight is 368 g/mol. The van der Waals surface area contributed by atoms with E-state index in [9.17, 15) is 5.11 Å². The number of phenols is 1. The fraction of sp³-hybridized carbons (Fsp3) is 0.0455. The molecule has 6 nitrogen and oxygen atoms in total. The van der Waals surface area contributed by atoms with Gasteiger partial charge >= 0.3 is 0 Å². The van der Waals surface area contributed by atoms with Crippen LogP contribution in [0.2, 0.25) is 0 Å². The van der Waals surface area contributed by atoms with E-state index in [1.165, 1.54) is 0 Å². The lowest BCUT2D eigenvalue weighted by Gasteiger charge is -2.08. The largest absolute Gasteiger partial charge is 0.507 e. The van der Waals surface area contributed by atoms with Crippen LogP contribution in [0.4, 0.5) is 0 Å². The number of aromatic nitrogens is 4. The molecule has 3 aromatic carbocycles. The van der Waals surface area contributed by atoms with Crippen molar-refractivity contribution in [2.24, 2.45) is 0 Å². The fourth-order valence-corrected chi connectivity index (χ4v) is 3.26. The molecule has 28 heavy (non-hydrogen) atoms. The monoisotopic (exact) mass is 368 g/mol. The third-order valence-corrected chi connectivity index (χ3v) is 4.73. The second kappa shape index (κ2) is 6.35. The molecule has 0 aliphatic carbocycles. The molecule has 5 aromatic rings. The summed E-state index contributed by atoms with van der Waals surface area (Å²) in [6.07, 6.45) is 3.21. The molecule has 6 heteroatoms. The third-order valence-electron chi connectivity index (χ3n) is 4.73. The van der Waals surface area contributed by atoms with Gasteiger partial charge in [-0.25, -0.2) is 4.98 Å². The molecule has 0 spiro atoms. The van der Waals surface area contributed by atoms with Crippen molar-refractivity contribution >= 4 is 11.1 Å². The Morgan fingerprint density at radius 3 is 2.46 bits per heavy atom. The highest BCUT2D eigenvalue weighted by molar-refractivity contribution is 5.83. The van der Waals surface area contributed by atoms with Gasteiger partial charge in [0.25, 0.3) is 0 Å². The second-order valence-electron chi connectivity index (χ2n) is 6.60. The number of hydrogen-bond donors (Lipinski definition) is 1. The SMILES string of the molecule is Cc1cc(-n2cnnc2)cc(-c2nc3cc(-c4ccccc4)ccc3o2)c1O. The first-order valence-electron chi connectivity index (χ1n) is 8.84. The van der Waals surface area contributed by atoms with E-state index < -0.39 is 0 Å². The van der Waals surface area contributed by atoms with Crippen LogP contribution >= 0.6 is 0 Å². The van der Waals surface area contributed by atoms with Crippen LogP contribution in [0.15, 0.2) is 77.7 Å². The number of aryl methyl sites for hydroxylation is 1. The lowest BCUT2D eigenvalue weighted by Crippen LogP contribution is -1.93. The maximum Gasteiger partial charge on any atom is 0.231 e. The number of oxazole rings is 1. The molecule has 0 bridgehead atoms. The number of fused-ring (bicyclic) bond motifs is 1. The van der Waals surface area contributed by atoms with Crippen LogP contribution in [0.5, 0.6) is 5.75 Å². The van der Waals surface area contributed by atoms with Gasteiger partial charge in [-0.2, -0.15) is 0 Å². The Hall–Kier alpha value is -3.93. The molecule has 0 unspecified atom stereocenters. The molecule has 0 atom stereocenters. The molecule has 0 aliphatic heterocycles. The number of aromatic hydroxyl groups is 1. The summed E-state index contributed by atoms with van der Waals surface area (Å²) in [7, 11) is 0. The van der Waals surface area contributed by atoms with Crippen LogP contribution < -0.4 is 0 Å². The van der Waals surface area contributed by atoms with Crippen LogP contribution in [-0.2, 0) is 0 Å². The standard InChI is InChI=1S/C22H16N4O2/c1-14-9-17(26-12-23-24-13-26)11-18(21(14)27)22-25-19-10-16(7-8-20(19)28-22)15-5-3-2-4-6-15/h2-13,27H,1H3. The van der Waals surface area contributed by atoms with Crippen LogP contribution in [0, 0.1) is 6.92 Å². The Morgan fingerprint density at radius 1 is 0.893 bits per heavy atom. The molecule has 0 radical (unpaired) electrons. The second-order valence-corrected chi connectivity index (χ2v) is 6.60. The number of benzene rings is 3. The topological polar surface area (TPSA) is 77.0 Å². The fourth-order valence-electron chi connectivity index (χ4n) is 3.26. The maximum absolute atomic E-state index is 10.6. The van der Waals surface area contributed by atoms with E-state index in [1.807, 2.05) is 55.5 Å². The van der Waals surface area contributed by atoms with E-state index in [-0.39, 0.29) is 5.75 Å². The zero-order valence-corrected chi connectivity index (χ0v) is 15.1. The Labute approximate surface area is 160 Å². The molecule has 1 N–H and O–H groups in total. The van der Waals surface area contributed by atoms with Gasteiger partial charge in [-0.15, -0.1) is 10.2 Å². The first-order chi connectivity index (χ1) is 13.7. The first kappa shape index (κ1) is 16.3. The zero-order chi connectivity index (χ0) is 19.1. The maximum atomic E-state index is 10.6. The molecule has 5 rings (SSSR count). The highest BCUT2D eigenvalue weighted by atomic mass is 16.3. The molecule has 0 saturated carbocycles. The van der Waals surface area contributed by atoms with Crippen molar-refractivity contribution in [2.45, 2.75) is 6.92 Å². The van der Waals surface area contributed by atoms with Gasteiger partial charge in [-0.1, -0.05) is 36.4 Å². The van der Waals surface area contributed by atoms with Gasteiger partial charge < -0.3 is 9.52 Å². The quantitative estimate of drug-likeness (QED) is 0.497. The first-order valence-corrected chi connectivity index (χ1v) is 8.84. The Kier molecular flexibility index (Phi) is 3.69. The molecule has 2 heterocycles. The summed E-state index contributed by atoms with van der Waals surface area (Å²) in [5, 5.41) is 18.3. The Morgan fingerprint density at radius 2 is 1.68 bits per heavy atom. The smallest absolute Gasteiger partial charge is 0.231 e. The molecule has 0 amide bonds. The third kappa shape index (κ3) is 2.72. The molecule has 0 saturated heterocycles. The number of hydrogen-bond acceptors (Lipinski definition) is 5. The minimum Gasteiger partial charge on any atom is -0.507 e. The molecule has 136 valence electrons. The molecular formula is C22H16N4O2. The van der Waals surface area contributed by atoms with E-state index in [4.69, 9.17) is 4.42 Å². The van der Waals surface area contributed by atoms with Gasteiger partial charge in [0.1, 0.15) is 23.9 Å². The number of nitrogens with zero attached hydrogens (tertiary/aromatic N) is 4. The Balaban J connectivity index is 1.63. The van der Waals surface area contributed by atoms with E-state index in [2.05, 4.69) is 27.3 Å². The minimum absolute atomic E-state index is 0.145. The lowest BCUT2D eigenvalue weighted by atomic mass is 10.1. The van der Waals surface area contributed by atoms with Crippen molar-refractivity contribution in [3.63, 3.8) is 0 Å². The van der Waals surface area contributed by atoms with Crippen molar-refractivity contribution in [3.8, 4) is 34.0 Å². The van der Waals surface area contributed by atoms with Crippen LogP contribution in [0.25, 0.3) is 39.4 Å². The van der Waals surface area contributed by atoms with E-state index in [0.717, 1.165) is 22.3 Å². The summed E-state index contributed by atoms with van der Waals surface area (Å²) in [4.78, 5) is 4.63. The van der Waals surface area contributed by atoms with Gasteiger partial charge in [0.15, 0.2) is 5.58 Å². The molecule has 0 aliphatic rings. The summed E-state index contributed by atoms with van der Waals surface area (Å²) >= 11 is 0. The van der Waals surface area contributed by atoms with E-state index in [1.54, 1.807) is 17.2 Å². The molecule has 2 aromatic heterocycles. The predicted octanol–water partition coefficient (Wildman–Crippen LogP) is 4.76. The highest BCUT2D eigenvalue weighted by Gasteiger charge is 2.16. The predicted molar refractivity (Wildman–Crippen MR) is 106 cm³/mol. The molecule has 0 fully saturated rings. The highest BCUT2D eigenvalue weighted by Crippen LogP contribution is 2.36. The normalized spacial score (nSPS) is 11.2. The summed E-state index contributed by atoms with van der Waals surface area (Å²) in [5.41, 5.74) is 5.65. The van der Waals surface area contributed by atoms with Crippen molar-refractivity contribution in [1.82, 2.24) is 19.7 Å². The van der Waals surface area contributed by atoms with E-state index in [0.29, 0.717) is 22.6 Å².